The first-order valence-corrected chi connectivity index (χ1v) is 15.9. The van der Waals surface area contributed by atoms with Gasteiger partial charge in [-0.25, -0.2) is 9.79 Å². The van der Waals surface area contributed by atoms with E-state index < -0.39 is 12.0 Å². The second kappa shape index (κ2) is 16.6. The lowest BCUT2D eigenvalue weighted by molar-refractivity contribution is -0.131. The van der Waals surface area contributed by atoms with Gasteiger partial charge in [-0.15, -0.1) is 0 Å². The number of nitrogens with zero attached hydrogens (tertiary/aromatic N) is 2. The summed E-state index contributed by atoms with van der Waals surface area (Å²) in [4.78, 5) is 41.4. The van der Waals surface area contributed by atoms with Gasteiger partial charge in [0.1, 0.15) is 12.6 Å². The summed E-state index contributed by atoms with van der Waals surface area (Å²) in [6.07, 6.45) is 14.2. The van der Waals surface area contributed by atoms with Crippen LogP contribution in [0.15, 0.2) is 71.4 Å². The molecule has 10 heteroatoms. The number of carboxylic acids is 1. The van der Waals surface area contributed by atoms with Crippen LogP contribution in [0.1, 0.15) is 68.1 Å². The minimum atomic E-state index is -1.09. The second-order valence-corrected chi connectivity index (χ2v) is 12.3. The van der Waals surface area contributed by atoms with Crippen LogP contribution in [0.25, 0.3) is 22.2 Å². The summed E-state index contributed by atoms with van der Waals surface area (Å²) < 4.78 is 0. The molecule has 0 fully saturated rings. The molecule has 4 rings (SSSR count). The highest BCUT2D eigenvalue weighted by Gasteiger charge is 2.29. The van der Waals surface area contributed by atoms with Crippen molar-refractivity contribution in [1.82, 2.24) is 4.98 Å². The maximum Gasteiger partial charge on any atom is 0.328 e. The highest BCUT2D eigenvalue weighted by atomic mass is 16.4. The van der Waals surface area contributed by atoms with Gasteiger partial charge in [0, 0.05) is 24.5 Å². The molecule has 46 heavy (non-hydrogen) atoms. The fraction of sp³-hybridized carbons (Fsp3) is 0.389. The van der Waals surface area contributed by atoms with E-state index in [1.54, 1.807) is 6.20 Å². The first-order valence-electron chi connectivity index (χ1n) is 15.9. The number of aldehydes is 2. The molecule has 1 aromatic heterocycles. The summed E-state index contributed by atoms with van der Waals surface area (Å²) in [5.74, 6) is -0.462. The lowest BCUT2D eigenvalue weighted by atomic mass is 9.72. The van der Waals surface area contributed by atoms with Crippen LogP contribution < -0.4 is 17.2 Å². The molecule has 5 unspecified atom stereocenters. The zero-order valence-electron chi connectivity index (χ0n) is 26.3. The van der Waals surface area contributed by atoms with Gasteiger partial charge in [0.2, 0.25) is 0 Å². The Morgan fingerprint density at radius 3 is 2.63 bits per heavy atom. The number of aliphatic carboxylic acids is 1. The molecule has 0 saturated heterocycles. The number of nitrogens with two attached hydrogens (primary N) is 3. The van der Waals surface area contributed by atoms with E-state index in [4.69, 9.17) is 22.5 Å². The number of benzene rings is 2. The number of fused-ring (bicyclic) bond motifs is 2. The van der Waals surface area contributed by atoms with Gasteiger partial charge < -0.3 is 42.2 Å². The van der Waals surface area contributed by atoms with Gasteiger partial charge in [-0.3, -0.25) is 0 Å². The number of aromatic nitrogens is 1. The minimum absolute atomic E-state index is 0.00210. The largest absolute Gasteiger partial charge is 0.478 e. The summed E-state index contributed by atoms with van der Waals surface area (Å²) in [6, 6.07) is 13.7. The molecule has 3 aromatic rings. The quantitative estimate of drug-likeness (QED) is 0.0533. The van der Waals surface area contributed by atoms with E-state index in [2.05, 4.69) is 46.4 Å². The average molecular weight is 626 g/mol. The third kappa shape index (κ3) is 9.65. The standard InChI is InChI=1S/C36H45N6O4/c1-23(22-44)7-12-30(37)4-2-5-31-27(11-10-26-17-25-9-8-24(13-15-43)16-28(25)18-32(26)31)19-33(42-34-6-3-14-40-34)29(20-35(45)46)21-41-36(38)39/h3,6,8-11,14-18,20,22-23,27,30-31,33,40H,2,4-5,7,12-13,19,21,37H2,1H3,(H,45,46)(H4,38,39,41)/q-1. The van der Waals surface area contributed by atoms with Gasteiger partial charge in [-0.2, -0.15) is 0 Å². The van der Waals surface area contributed by atoms with E-state index in [0.717, 1.165) is 72.7 Å². The van der Waals surface area contributed by atoms with E-state index in [9.17, 15) is 19.5 Å². The Bertz CT molecular complexity index is 1570. The van der Waals surface area contributed by atoms with Crippen molar-refractivity contribution < 1.29 is 19.5 Å². The van der Waals surface area contributed by atoms with Gasteiger partial charge in [0.15, 0.2) is 5.96 Å². The number of carbonyl (C=O) groups excluding carboxylic acids is 2. The van der Waals surface area contributed by atoms with Crippen molar-refractivity contribution in [2.75, 3.05) is 6.54 Å². The van der Waals surface area contributed by atoms with Crippen molar-refractivity contribution in [1.29, 1.82) is 0 Å². The molecule has 0 amide bonds. The molecule has 244 valence electrons. The average Bonchev–Trinajstić information content (AvgIpc) is 3.54. The number of H-pyrrole nitrogens is 1. The van der Waals surface area contributed by atoms with Gasteiger partial charge in [0.25, 0.3) is 0 Å². The van der Waals surface area contributed by atoms with Gasteiger partial charge in [-0.05, 0) is 89.1 Å². The fourth-order valence-electron chi connectivity index (χ4n) is 6.27. The number of carbonyl (C=O) groups is 3. The lowest BCUT2D eigenvalue weighted by Gasteiger charge is -2.36. The number of allylic oxidation sites excluding steroid dienone is 1. The number of guanidine groups is 1. The summed E-state index contributed by atoms with van der Waals surface area (Å²) in [5.41, 5.74) is 21.5. The van der Waals surface area contributed by atoms with Crippen molar-refractivity contribution in [3.8, 4) is 0 Å². The molecule has 1 heterocycles. The number of nitrogens with one attached hydrogen (secondary N) is 1. The van der Waals surface area contributed by atoms with Crippen molar-refractivity contribution in [3.05, 3.63) is 88.4 Å². The monoisotopic (exact) mass is 625 g/mol. The number of aliphatic imine (C=N–C) groups is 1. The van der Waals surface area contributed by atoms with Crippen molar-refractivity contribution >= 4 is 47.2 Å². The first kappa shape index (κ1) is 34.2. The van der Waals surface area contributed by atoms with Gasteiger partial charge >= 0.3 is 5.97 Å². The summed E-state index contributed by atoms with van der Waals surface area (Å²) in [7, 11) is 0. The number of rotatable bonds is 18. The van der Waals surface area contributed by atoms with Crippen LogP contribution in [0.4, 0.5) is 5.82 Å². The third-order valence-corrected chi connectivity index (χ3v) is 8.73. The molecule has 0 saturated carbocycles. The Balaban J connectivity index is 1.68. The summed E-state index contributed by atoms with van der Waals surface area (Å²) in [5, 5.41) is 16.8. The Morgan fingerprint density at radius 2 is 1.93 bits per heavy atom. The molecule has 0 aliphatic heterocycles. The molecule has 5 atom stereocenters. The van der Waals surface area contributed by atoms with E-state index in [-0.39, 0.29) is 36.3 Å². The second-order valence-electron chi connectivity index (χ2n) is 12.3. The van der Waals surface area contributed by atoms with E-state index in [0.29, 0.717) is 24.2 Å². The molecule has 1 aliphatic carbocycles. The summed E-state index contributed by atoms with van der Waals surface area (Å²) in [6.45, 7) is 1.93. The SMILES string of the molecule is CC(C=O)CCC(N)CCCC1c2cc3cc(CC=O)ccc3cc2C=CC1CC([N-]c1ccc[nH]1)C(=CC(=O)O)CN=C(N)N. The minimum Gasteiger partial charge on any atom is -0.478 e. The van der Waals surface area contributed by atoms with Crippen LogP contribution >= 0.6 is 0 Å². The van der Waals surface area contributed by atoms with Crippen LogP contribution in [0.2, 0.25) is 0 Å². The number of aromatic amines is 1. The molecule has 8 N–H and O–H groups in total. The van der Waals surface area contributed by atoms with Crippen LogP contribution in [0, 0.1) is 11.8 Å². The fourth-order valence-corrected chi connectivity index (χ4v) is 6.27. The van der Waals surface area contributed by atoms with Crippen LogP contribution in [0.3, 0.4) is 0 Å². The molecular weight excluding hydrogens is 580 g/mol. The van der Waals surface area contributed by atoms with Crippen LogP contribution in [-0.4, -0.2) is 53.2 Å². The van der Waals surface area contributed by atoms with E-state index in [1.807, 2.05) is 25.1 Å². The Labute approximate surface area is 270 Å². The van der Waals surface area contributed by atoms with E-state index >= 15 is 0 Å². The lowest BCUT2D eigenvalue weighted by Crippen LogP contribution is -2.26. The Hall–Kier alpha value is -4.70. The Morgan fingerprint density at radius 1 is 1.11 bits per heavy atom. The number of hydrogen-bond acceptors (Lipinski definition) is 5. The van der Waals surface area contributed by atoms with Crippen molar-refractivity contribution in [3.63, 3.8) is 0 Å². The predicted molar refractivity (Wildman–Crippen MR) is 184 cm³/mol. The van der Waals surface area contributed by atoms with Crippen LogP contribution in [0.5, 0.6) is 0 Å². The smallest absolute Gasteiger partial charge is 0.328 e. The van der Waals surface area contributed by atoms with Crippen molar-refractivity contribution in [2.24, 2.45) is 34.0 Å². The number of carboxylic acid groups (broad SMARTS) is 1. The molecule has 0 spiro atoms. The molecule has 1 aliphatic rings. The first-order chi connectivity index (χ1) is 22.2. The van der Waals surface area contributed by atoms with Crippen LogP contribution in [-0.2, 0) is 20.8 Å². The third-order valence-electron chi connectivity index (χ3n) is 8.73. The van der Waals surface area contributed by atoms with Gasteiger partial charge in [0.05, 0.1) is 6.54 Å². The van der Waals surface area contributed by atoms with E-state index in [1.165, 1.54) is 5.56 Å². The highest BCUT2D eigenvalue weighted by Crippen LogP contribution is 2.43. The molecule has 0 radical (unpaired) electrons. The zero-order valence-corrected chi connectivity index (χ0v) is 26.3. The highest BCUT2D eigenvalue weighted by molar-refractivity contribution is 5.88. The number of hydrogen-bond donors (Lipinski definition) is 5. The molecular formula is C36H45N6O4-. The van der Waals surface area contributed by atoms with Crippen molar-refractivity contribution in [2.45, 2.75) is 69.9 Å². The van der Waals surface area contributed by atoms with Gasteiger partial charge in [-0.1, -0.05) is 73.9 Å². The zero-order chi connectivity index (χ0) is 33.1. The maximum atomic E-state index is 11.9. The molecule has 2 aromatic carbocycles. The normalized spacial score (nSPS) is 17.9. The molecule has 10 nitrogen and oxygen atoms in total. The topological polar surface area (TPSA) is 192 Å². The summed E-state index contributed by atoms with van der Waals surface area (Å²) >= 11 is 0. The maximum absolute atomic E-state index is 11.9. The molecule has 0 bridgehead atoms. The predicted octanol–water partition coefficient (Wildman–Crippen LogP) is 5.50. The Kier molecular flexibility index (Phi) is 12.3.